The second-order valence-corrected chi connectivity index (χ2v) is 7.19. The summed E-state index contributed by atoms with van der Waals surface area (Å²) in [6.07, 6.45) is 4.06. The highest BCUT2D eigenvalue weighted by Gasteiger charge is 2.23. The molecule has 2 heterocycles. The van der Waals surface area contributed by atoms with Crippen LogP contribution in [0.15, 0.2) is 65.9 Å². The second-order valence-electron chi connectivity index (χ2n) is 7.19. The van der Waals surface area contributed by atoms with E-state index in [0.717, 1.165) is 50.5 Å². The van der Waals surface area contributed by atoms with Crippen molar-refractivity contribution in [3.8, 4) is 0 Å². The van der Waals surface area contributed by atoms with Crippen molar-refractivity contribution in [2.24, 2.45) is 4.99 Å². The molecule has 0 spiro atoms. The van der Waals surface area contributed by atoms with Crippen LogP contribution in [-0.2, 0) is 6.54 Å². The van der Waals surface area contributed by atoms with Gasteiger partial charge in [0.15, 0.2) is 5.96 Å². The molecule has 146 valence electrons. The van der Waals surface area contributed by atoms with Crippen molar-refractivity contribution in [1.82, 2.24) is 20.2 Å². The highest BCUT2D eigenvalue weighted by atomic mass is 15.2. The summed E-state index contributed by atoms with van der Waals surface area (Å²) in [5, 5.41) is 7.01. The second kappa shape index (κ2) is 8.78. The molecule has 1 aliphatic heterocycles. The quantitative estimate of drug-likeness (QED) is 0.395. The lowest BCUT2D eigenvalue weighted by Crippen LogP contribution is -2.45. The lowest BCUT2D eigenvalue weighted by molar-refractivity contribution is 0.616. The maximum Gasteiger partial charge on any atom is 0.191 e. The van der Waals surface area contributed by atoms with Crippen molar-refractivity contribution < 1.29 is 0 Å². The molecule has 0 aliphatic carbocycles. The third kappa shape index (κ3) is 4.27. The van der Waals surface area contributed by atoms with Crippen LogP contribution in [-0.4, -0.2) is 48.2 Å². The molecule has 1 aromatic heterocycles. The minimum atomic E-state index is 0.420. The smallest absolute Gasteiger partial charge is 0.191 e. The van der Waals surface area contributed by atoms with Gasteiger partial charge in [-0.05, 0) is 37.1 Å². The Morgan fingerprint density at radius 1 is 1.14 bits per heavy atom. The molecule has 2 aromatic carbocycles. The minimum Gasteiger partial charge on any atom is -0.369 e. The zero-order valence-corrected chi connectivity index (χ0v) is 16.4. The summed E-state index contributed by atoms with van der Waals surface area (Å²) in [4.78, 5) is 11.3. The van der Waals surface area contributed by atoms with Crippen LogP contribution < -0.4 is 15.5 Å². The van der Waals surface area contributed by atoms with Gasteiger partial charge in [-0.3, -0.25) is 4.99 Å². The predicted molar refractivity (Wildman–Crippen MR) is 116 cm³/mol. The number of anilines is 1. The van der Waals surface area contributed by atoms with E-state index < -0.39 is 0 Å². The third-order valence-corrected chi connectivity index (χ3v) is 5.27. The van der Waals surface area contributed by atoms with Crippen molar-refractivity contribution in [1.29, 1.82) is 0 Å². The summed E-state index contributed by atoms with van der Waals surface area (Å²) in [5.41, 5.74) is 3.54. The van der Waals surface area contributed by atoms with Gasteiger partial charge in [0.1, 0.15) is 0 Å². The summed E-state index contributed by atoms with van der Waals surface area (Å²) < 4.78 is 2.21. The minimum absolute atomic E-state index is 0.420. The molecule has 1 aliphatic rings. The fraction of sp³-hybridized carbons (Fsp3) is 0.364. The van der Waals surface area contributed by atoms with Crippen molar-refractivity contribution >= 4 is 22.7 Å². The maximum atomic E-state index is 4.45. The van der Waals surface area contributed by atoms with Crippen LogP contribution >= 0.6 is 0 Å². The number of imidazole rings is 1. The van der Waals surface area contributed by atoms with Gasteiger partial charge in [0, 0.05) is 45.0 Å². The molecule has 1 saturated heterocycles. The number of aliphatic imine (C=N–C) groups is 1. The highest BCUT2D eigenvalue weighted by molar-refractivity contribution is 5.80. The SMILES string of the molecule is CN=C(NCCCn1cnc2ccccc21)NC1CCN(c2ccccc2)C1. The molecule has 0 saturated carbocycles. The average molecular weight is 377 g/mol. The van der Waals surface area contributed by atoms with Crippen LogP contribution in [0.25, 0.3) is 11.0 Å². The molecule has 1 fully saturated rings. The molecule has 6 nitrogen and oxygen atoms in total. The monoisotopic (exact) mass is 376 g/mol. The molecule has 2 N–H and O–H groups in total. The number of benzene rings is 2. The van der Waals surface area contributed by atoms with Gasteiger partial charge in [-0.1, -0.05) is 30.3 Å². The molecule has 1 unspecified atom stereocenters. The number of hydrogen-bond donors (Lipinski definition) is 2. The molecule has 0 bridgehead atoms. The zero-order chi connectivity index (χ0) is 19.2. The number of nitrogens with zero attached hydrogens (tertiary/aromatic N) is 4. The van der Waals surface area contributed by atoms with Gasteiger partial charge in [0.2, 0.25) is 0 Å². The normalized spacial score (nSPS) is 17.2. The Morgan fingerprint density at radius 2 is 1.96 bits per heavy atom. The number of aryl methyl sites for hydroxylation is 1. The van der Waals surface area contributed by atoms with Crippen LogP contribution in [0.1, 0.15) is 12.8 Å². The van der Waals surface area contributed by atoms with Gasteiger partial charge in [-0.25, -0.2) is 4.98 Å². The topological polar surface area (TPSA) is 57.5 Å². The molecule has 0 radical (unpaired) electrons. The largest absolute Gasteiger partial charge is 0.369 e. The zero-order valence-electron chi connectivity index (χ0n) is 16.4. The van der Waals surface area contributed by atoms with Gasteiger partial charge < -0.3 is 20.1 Å². The van der Waals surface area contributed by atoms with E-state index in [2.05, 4.69) is 78.6 Å². The van der Waals surface area contributed by atoms with E-state index in [-0.39, 0.29) is 0 Å². The molecule has 6 heteroatoms. The maximum absolute atomic E-state index is 4.45. The van der Waals surface area contributed by atoms with Crippen LogP contribution in [0, 0.1) is 0 Å². The highest BCUT2D eigenvalue weighted by Crippen LogP contribution is 2.19. The Hall–Kier alpha value is -3.02. The number of nitrogens with one attached hydrogen (secondary N) is 2. The van der Waals surface area contributed by atoms with Crippen molar-refractivity contribution in [3.63, 3.8) is 0 Å². The number of hydrogen-bond acceptors (Lipinski definition) is 3. The molecule has 0 amide bonds. The standard InChI is InChI=1S/C22H28N6/c1-23-22(26-18-12-15-27(16-18)19-8-3-2-4-9-19)24-13-7-14-28-17-25-20-10-5-6-11-21(20)28/h2-6,8-11,17-18H,7,12-16H2,1H3,(H2,23,24,26). The summed E-state index contributed by atoms with van der Waals surface area (Å²) in [6.45, 7) is 3.90. The summed E-state index contributed by atoms with van der Waals surface area (Å²) in [5.74, 6) is 0.885. The Labute approximate surface area is 166 Å². The van der Waals surface area contributed by atoms with E-state index in [1.54, 1.807) is 0 Å². The predicted octanol–water partition coefficient (Wildman–Crippen LogP) is 2.87. The first kappa shape index (κ1) is 18.3. The van der Waals surface area contributed by atoms with Gasteiger partial charge in [-0.2, -0.15) is 0 Å². The Balaban J connectivity index is 1.22. The van der Waals surface area contributed by atoms with Crippen LogP contribution in [0.3, 0.4) is 0 Å². The first-order valence-corrected chi connectivity index (χ1v) is 10.0. The summed E-state index contributed by atoms with van der Waals surface area (Å²) >= 11 is 0. The fourth-order valence-electron chi connectivity index (χ4n) is 3.78. The van der Waals surface area contributed by atoms with E-state index >= 15 is 0 Å². The summed E-state index contributed by atoms with van der Waals surface area (Å²) in [7, 11) is 1.84. The van der Waals surface area contributed by atoms with E-state index in [9.17, 15) is 0 Å². The van der Waals surface area contributed by atoms with E-state index in [0.29, 0.717) is 6.04 Å². The molecular formula is C22H28N6. The number of para-hydroxylation sites is 3. The van der Waals surface area contributed by atoms with Crippen LogP contribution in [0.5, 0.6) is 0 Å². The lowest BCUT2D eigenvalue weighted by atomic mass is 10.2. The fourth-order valence-corrected chi connectivity index (χ4v) is 3.78. The number of aromatic nitrogens is 2. The van der Waals surface area contributed by atoms with Crippen molar-refractivity contribution in [2.75, 3.05) is 31.6 Å². The lowest BCUT2D eigenvalue weighted by Gasteiger charge is -2.20. The van der Waals surface area contributed by atoms with E-state index in [1.807, 2.05) is 19.4 Å². The van der Waals surface area contributed by atoms with Crippen LogP contribution in [0.4, 0.5) is 5.69 Å². The molecule has 4 rings (SSSR count). The van der Waals surface area contributed by atoms with Crippen molar-refractivity contribution in [2.45, 2.75) is 25.4 Å². The molecular weight excluding hydrogens is 348 g/mol. The molecule has 3 aromatic rings. The number of fused-ring (bicyclic) bond motifs is 1. The Kier molecular flexibility index (Phi) is 5.75. The van der Waals surface area contributed by atoms with Gasteiger partial charge in [0.25, 0.3) is 0 Å². The molecule has 1 atom stereocenters. The van der Waals surface area contributed by atoms with E-state index in [4.69, 9.17) is 0 Å². The number of guanidine groups is 1. The first-order valence-electron chi connectivity index (χ1n) is 10.0. The van der Waals surface area contributed by atoms with E-state index in [1.165, 1.54) is 11.2 Å². The Morgan fingerprint density at radius 3 is 2.82 bits per heavy atom. The van der Waals surface area contributed by atoms with Crippen molar-refractivity contribution in [3.05, 3.63) is 60.9 Å². The van der Waals surface area contributed by atoms with Gasteiger partial charge >= 0.3 is 0 Å². The summed E-state index contributed by atoms with van der Waals surface area (Å²) in [6, 6.07) is 19.3. The van der Waals surface area contributed by atoms with Crippen LogP contribution in [0.2, 0.25) is 0 Å². The van der Waals surface area contributed by atoms with Gasteiger partial charge in [-0.15, -0.1) is 0 Å². The number of rotatable bonds is 6. The Bertz CT molecular complexity index is 917. The van der Waals surface area contributed by atoms with Gasteiger partial charge in [0.05, 0.1) is 17.4 Å². The molecule has 28 heavy (non-hydrogen) atoms. The first-order chi connectivity index (χ1) is 13.8. The average Bonchev–Trinajstić information content (AvgIpc) is 3.38. The third-order valence-electron chi connectivity index (χ3n) is 5.27.